The monoisotopic (exact) mass is 745 g/mol. The van der Waals surface area contributed by atoms with Crippen LogP contribution in [0.5, 0.6) is 0 Å². The molecule has 0 bridgehead atoms. The summed E-state index contributed by atoms with van der Waals surface area (Å²) >= 11 is 1.84. The number of aromatic nitrogens is 5. The van der Waals surface area contributed by atoms with Gasteiger partial charge in [-0.25, -0.2) is 4.98 Å². The summed E-state index contributed by atoms with van der Waals surface area (Å²) in [7, 11) is 0. The molecular formula is C51H31N5S. The Morgan fingerprint density at radius 3 is 1.65 bits per heavy atom. The van der Waals surface area contributed by atoms with Gasteiger partial charge < -0.3 is 4.57 Å². The lowest BCUT2D eigenvalue weighted by molar-refractivity contribution is 0.954. The Labute approximate surface area is 331 Å². The van der Waals surface area contributed by atoms with Crippen molar-refractivity contribution in [1.82, 2.24) is 24.1 Å². The van der Waals surface area contributed by atoms with Gasteiger partial charge in [-0.1, -0.05) is 146 Å². The molecule has 0 saturated heterocycles. The number of fused-ring (bicyclic) bond motifs is 9. The van der Waals surface area contributed by atoms with E-state index in [1.807, 2.05) is 17.4 Å². The van der Waals surface area contributed by atoms with Crippen LogP contribution in [0.4, 0.5) is 0 Å². The summed E-state index contributed by atoms with van der Waals surface area (Å²) in [5.74, 6) is 1.80. The largest absolute Gasteiger partial charge is 0.309 e. The zero-order valence-corrected chi connectivity index (χ0v) is 31.4. The van der Waals surface area contributed by atoms with Gasteiger partial charge in [-0.15, -0.1) is 11.3 Å². The van der Waals surface area contributed by atoms with E-state index in [1.165, 1.54) is 30.9 Å². The van der Waals surface area contributed by atoms with Crippen LogP contribution >= 0.6 is 11.3 Å². The summed E-state index contributed by atoms with van der Waals surface area (Å²) in [5.41, 5.74) is 9.54. The third kappa shape index (κ3) is 4.91. The molecule has 0 saturated carbocycles. The topological polar surface area (TPSA) is 48.5 Å². The molecule has 5 nitrogen and oxygen atoms in total. The van der Waals surface area contributed by atoms with Crippen LogP contribution in [0.25, 0.3) is 109 Å². The number of benzene rings is 8. The van der Waals surface area contributed by atoms with Crippen molar-refractivity contribution in [3.63, 3.8) is 0 Å². The van der Waals surface area contributed by atoms with E-state index in [9.17, 15) is 0 Å². The summed E-state index contributed by atoms with van der Waals surface area (Å²) in [5, 5.41) is 7.22. The van der Waals surface area contributed by atoms with Gasteiger partial charge in [0.05, 0.1) is 27.8 Å². The van der Waals surface area contributed by atoms with Crippen molar-refractivity contribution in [2.45, 2.75) is 0 Å². The molecule has 4 heterocycles. The maximum absolute atomic E-state index is 5.35. The van der Waals surface area contributed by atoms with Crippen LogP contribution in [0.1, 0.15) is 0 Å². The zero-order chi connectivity index (χ0) is 37.5. The van der Waals surface area contributed by atoms with Gasteiger partial charge in [-0.05, 0) is 53.6 Å². The molecule has 57 heavy (non-hydrogen) atoms. The predicted octanol–water partition coefficient (Wildman–Crippen LogP) is 13.4. The minimum atomic E-state index is 0.574. The summed E-state index contributed by atoms with van der Waals surface area (Å²) in [6.45, 7) is 0. The highest BCUT2D eigenvalue weighted by Crippen LogP contribution is 2.42. The predicted molar refractivity (Wildman–Crippen MR) is 238 cm³/mol. The number of rotatable bonds is 5. The second-order valence-electron chi connectivity index (χ2n) is 14.4. The second-order valence-corrected chi connectivity index (χ2v) is 15.5. The maximum atomic E-state index is 5.35. The van der Waals surface area contributed by atoms with Crippen LogP contribution < -0.4 is 0 Å². The zero-order valence-electron chi connectivity index (χ0n) is 30.5. The lowest BCUT2D eigenvalue weighted by atomic mass is 9.99. The molecule has 0 atom stereocenters. The Hall–Kier alpha value is -7.41. The van der Waals surface area contributed by atoms with Crippen molar-refractivity contribution in [2.75, 3.05) is 0 Å². The van der Waals surface area contributed by atoms with Crippen molar-refractivity contribution >= 4 is 75.1 Å². The number of hydrogen-bond donors (Lipinski definition) is 0. The molecule has 0 amide bonds. The van der Waals surface area contributed by atoms with Crippen molar-refractivity contribution in [2.24, 2.45) is 0 Å². The smallest absolute Gasteiger partial charge is 0.238 e. The fourth-order valence-corrected chi connectivity index (χ4v) is 9.84. The fourth-order valence-electron chi connectivity index (χ4n) is 8.71. The molecule has 12 rings (SSSR count). The van der Waals surface area contributed by atoms with Crippen LogP contribution in [-0.2, 0) is 0 Å². The summed E-state index contributed by atoms with van der Waals surface area (Å²) in [4.78, 5) is 16.0. The van der Waals surface area contributed by atoms with Crippen molar-refractivity contribution in [3.8, 4) is 45.5 Å². The minimum absolute atomic E-state index is 0.574. The van der Waals surface area contributed by atoms with Crippen LogP contribution in [0.15, 0.2) is 188 Å². The average molecular weight is 746 g/mol. The number of hydrogen-bond acceptors (Lipinski definition) is 4. The normalized spacial score (nSPS) is 11.9. The van der Waals surface area contributed by atoms with E-state index in [0.29, 0.717) is 17.6 Å². The lowest BCUT2D eigenvalue weighted by Gasteiger charge is -2.14. The quantitative estimate of drug-likeness (QED) is 0.176. The number of para-hydroxylation sites is 3. The van der Waals surface area contributed by atoms with Gasteiger partial charge in [0.2, 0.25) is 5.95 Å². The highest BCUT2D eigenvalue weighted by Gasteiger charge is 2.21. The van der Waals surface area contributed by atoms with Crippen molar-refractivity contribution in [1.29, 1.82) is 0 Å². The van der Waals surface area contributed by atoms with E-state index in [-0.39, 0.29) is 0 Å². The average Bonchev–Trinajstić information content (AvgIpc) is 3.94. The van der Waals surface area contributed by atoms with Crippen LogP contribution in [0.3, 0.4) is 0 Å². The van der Waals surface area contributed by atoms with Gasteiger partial charge in [-0.2, -0.15) is 9.97 Å². The SMILES string of the molecule is c1ccc(-c2ccccc2-c2nc(-c3ccc4c5ccccc5n(-c5cccc6sc7ccccc7c56)c4c3)nc(-n3c4ccccc4c4ccccc43)n2)cc1. The number of nitrogens with zero attached hydrogens (tertiary/aromatic N) is 5. The molecule has 4 aromatic heterocycles. The Bertz CT molecular complexity index is 3490. The van der Waals surface area contributed by atoms with Crippen LogP contribution in [0.2, 0.25) is 0 Å². The molecule has 6 heteroatoms. The molecule has 0 aliphatic rings. The number of thiophene rings is 1. The van der Waals surface area contributed by atoms with Gasteiger partial charge in [0.1, 0.15) is 0 Å². The standard InChI is InChI=1S/C51H31N5S/c1-2-15-32(16-3-1)34-17-4-5-21-39(34)50-52-49(53-51(54-50)56-42-24-11-7-18-35(42)36-19-8-12-25-43(36)56)33-29-30-38-37-20-6-10-23-41(37)55(45(38)31-33)44-26-14-28-47-48(44)40-22-9-13-27-46(40)57-47/h1-31H. The molecule has 0 N–H and O–H groups in total. The Balaban J connectivity index is 1.15. The van der Waals surface area contributed by atoms with Gasteiger partial charge in [0.15, 0.2) is 11.6 Å². The van der Waals surface area contributed by atoms with Crippen molar-refractivity contribution in [3.05, 3.63) is 188 Å². The molecule has 0 spiro atoms. The van der Waals surface area contributed by atoms with Gasteiger partial charge >= 0.3 is 0 Å². The molecule has 12 aromatic rings. The second kappa shape index (κ2) is 12.6. The van der Waals surface area contributed by atoms with E-state index in [1.54, 1.807) is 0 Å². The molecule has 0 aliphatic heterocycles. The maximum Gasteiger partial charge on any atom is 0.238 e. The third-order valence-electron chi connectivity index (χ3n) is 11.2. The fraction of sp³-hybridized carbons (Fsp3) is 0. The Kier molecular flexibility index (Phi) is 7.03. The Morgan fingerprint density at radius 2 is 0.912 bits per heavy atom. The first kappa shape index (κ1) is 31.9. The van der Waals surface area contributed by atoms with Crippen LogP contribution in [-0.4, -0.2) is 24.1 Å². The molecule has 8 aromatic carbocycles. The molecule has 266 valence electrons. The van der Waals surface area contributed by atoms with Gasteiger partial charge in [-0.3, -0.25) is 4.57 Å². The highest BCUT2D eigenvalue weighted by molar-refractivity contribution is 7.25. The van der Waals surface area contributed by atoms with E-state index in [2.05, 4.69) is 191 Å². The van der Waals surface area contributed by atoms with Gasteiger partial charge in [0, 0.05) is 52.8 Å². The van der Waals surface area contributed by atoms with E-state index < -0.39 is 0 Å². The summed E-state index contributed by atoms with van der Waals surface area (Å²) in [6, 6.07) is 66.6. The molecule has 0 aliphatic carbocycles. The Morgan fingerprint density at radius 1 is 0.351 bits per heavy atom. The van der Waals surface area contributed by atoms with E-state index >= 15 is 0 Å². The summed E-state index contributed by atoms with van der Waals surface area (Å²) in [6.07, 6.45) is 0. The third-order valence-corrected chi connectivity index (χ3v) is 12.3. The highest BCUT2D eigenvalue weighted by atomic mass is 32.1. The molecule has 0 unspecified atom stereocenters. The van der Waals surface area contributed by atoms with E-state index in [0.717, 1.165) is 60.8 Å². The minimum Gasteiger partial charge on any atom is -0.309 e. The molecular weight excluding hydrogens is 715 g/mol. The summed E-state index contributed by atoms with van der Waals surface area (Å²) < 4.78 is 7.16. The first-order chi connectivity index (χ1) is 28.3. The lowest BCUT2D eigenvalue weighted by Crippen LogP contribution is -2.07. The first-order valence-electron chi connectivity index (χ1n) is 19.1. The first-order valence-corrected chi connectivity index (χ1v) is 19.9. The van der Waals surface area contributed by atoms with Crippen LogP contribution in [0, 0.1) is 0 Å². The van der Waals surface area contributed by atoms with E-state index in [4.69, 9.17) is 15.0 Å². The molecule has 0 radical (unpaired) electrons. The van der Waals surface area contributed by atoms with Gasteiger partial charge in [0.25, 0.3) is 0 Å². The molecule has 0 fully saturated rings. The van der Waals surface area contributed by atoms with Crippen molar-refractivity contribution < 1.29 is 0 Å².